The van der Waals surface area contributed by atoms with Gasteiger partial charge < -0.3 is 203 Å². The summed E-state index contributed by atoms with van der Waals surface area (Å²) >= 11 is 0. The Labute approximate surface area is 806 Å². The first-order chi connectivity index (χ1) is 65.1. The highest BCUT2D eigenvalue weighted by Gasteiger charge is 2.74. The molecule has 0 aromatic rings. The zero-order valence-corrected chi connectivity index (χ0v) is 80.9. The molecular formula is C95H152O44. The summed E-state index contributed by atoms with van der Waals surface area (Å²) in [5, 5.41) is 257. The van der Waals surface area contributed by atoms with Crippen LogP contribution in [0.1, 0.15) is 173 Å². The van der Waals surface area contributed by atoms with Gasteiger partial charge in [0, 0.05) is 17.4 Å². The predicted octanol–water partition coefficient (Wildman–Crippen LogP) is -4.32. The third-order valence-corrected chi connectivity index (χ3v) is 33.4. The van der Waals surface area contributed by atoms with Gasteiger partial charge in [-0.3, -0.25) is 9.59 Å². The topological polar surface area (TPSA) is 683 Å². The molecule has 0 aromatic carbocycles. The minimum Gasteiger partial charge on any atom is -0.462 e. The van der Waals surface area contributed by atoms with Crippen molar-refractivity contribution in [2.75, 3.05) is 39.6 Å². The molecule has 50 atom stereocenters. The lowest BCUT2D eigenvalue weighted by molar-refractivity contribution is -0.390. The summed E-state index contributed by atoms with van der Waals surface area (Å²) in [6.07, 6.45) is -59.2. The lowest BCUT2D eigenvalue weighted by Crippen LogP contribution is -2.70. The molecule has 2 unspecified atom stereocenters. The number of aliphatic hydroxyl groups is 23. The number of allylic oxidation sites excluding steroid dienone is 3. The van der Waals surface area contributed by atoms with E-state index in [1.165, 1.54) is 32.9 Å². The lowest BCUT2D eigenvalue weighted by atomic mass is 9.33. The SMILES string of the molecule is C=C[C@](C)(O)CC/C=C(\C)C(=O)O[C@H]1[C@H](O)[C@@H](O)[C@H](O[C@@](C)(C=C)CCCC(C)C(=O)O[C@H]2C[C@]3(C(=O)O[C@@H]4O[C@H](CO)[C@@H](O)[C@H](O)[C@H]4O[C@@H]4O[C@@H](C)[C@H](O[C@@H]5O[C@@H](CO)[C@H](O)[C@H]5O)[C@@H](O[C@@H]5O[C@H](CO)[C@@H](O)[C@H](O)[C@H]5O)[C@H]4O)[C@H](O)C[C@]4(C)C(=CC[C@@H]5[C@@]6(C)CC[C@H](O[C@@H]7O[C@H](CO[C@@H]8OC[C@H](O)[C@H](O)[C@H]8O[C@@H]8OC[C@@H](O)[C@H](O)[C@H]8O)[C@@H](O)[C@H](O)[C@H]7O)C(C)(C)C6CC[C@]54C)[C@H]3CC2(C)C)O[C@@H]1C. The van der Waals surface area contributed by atoms with E-state index < -0.39 is 365 Å². The van der Waals surface area contributed by atoms with Crippen LogP contribution < -0.4 is 0 Å². The van der Waals surface area contributed by atoms with Gasteiger partial charge in [-0.05, 0) is 151 Å². The van der Waals surface area contributed by atoms with Crippen molar-refractivity contribution >= 4 is 17.9 Å². The van der Waals surface area contributed by atoms with Gasteiger partial charge in [0.1, 0.15) is 164 Å². The Kier molecular flexibility index (Phi) is 35.4. The molecule has 13 rings (SSSR count). The summed E-state index contributed by atoms with van der Waals surface area (Å²) < 4.78 is 110. The molecule has 796 valence electrons. The first kappa shape index (κ1) is 112. The summed E-state index contributed by atoms with van der Waals surface area (Å²) in [5.74, 6) is -4.89. The maximum absolute atomic E-state index is 16.8. The van der Waals surface area contributed by atoms with Gasteiger partial charge in [-0.2, -0.15) is 0 Å². The summed E-state index contributed by atoms with van der Waals surface area (Å²) in [7, 11) is 0. The van der Waals surface area contributed by atoms with E-state index in [1.54, 1.807) is 26.8 Å². The molecule has 139 heavy (non-hydrogen) atoms. The first-order valence-electron chi connectivity index (χ1n) is 48.6. The third kappa shape index (κ3) is 21.8. The van der Waals surface area contributed by atoms with Crippen molar-refractivity contribution < 1.29 is 217 Å². The molecule has 0 bridgehead atoms. The normalized spacial score (nSPS) is 48.8. The largest absolute Gasteiger partial charge is 0.462 e. The fraction of sp³-hybridized carbons (Fsp3) is 0.884. The molecule has 0 amide bonds. The lowest BCUT2D eigenvalue weighted by Gasteiger charge is -2.72. The van der Waals surface area contributed by atoms with Crippen LogP contribution in [-0.2, 0) is 99.6 Å². The Bertz CT molecular complexity index is 4200. The number of hydrogen-bond acceptors (Lipinski definition) is 44. The van der Waals surface area contributed by atoms with Crippen LogP contribution in [0.15, 0.2) is 48.6 Å². The van der Waals surface area contributed by atoms with Crippen molar-refractivity contribution in [3.63, 3.8) is 0 Å². The summed E-state index contributed by atoms with van der Waals surface area (Å²) in [4.78, 5) is 45.1. The molecule has 44 heteroatoms. The number of aliphatic hydroxyl groups excluding tert-OH is 22. The first-order valence-corrected chi connectivity index (χ1v) is 48.6. The number of ether oxygens (including phenoxy) is 18. The van der Waals surface area contributed by atoms with Crippen LogP contribution in [0.3, 0.4) is 0 Å². The minimum absolute atomic E-state index is 0.0232. The highest BCUT2D eigenvalue weighted by atomic mass is 16.8. The van der Waals surface area contributed by atoms with Crippen molar-refractivity contribution in [2.24, 2.45) is 56.2 Å². The third-order valence-electron chi connectivity index (χ3n) is 33.4. The van der Waals surface area contributed by atoms with Gasteiger partial charge in [0.15, 0.2) is 56.2 Å². The van der Waals surface area contributed by atoms with Crippen molar-refractivity contribution in [2.45, 2.75) is 430 Å². The highest BCUT2D eigenvalue weighted by Crippen LogP contribution is 2.76. The monoisotopic (exact) mass is 2000 g/mol. The van der Waals surface area contributed by atoms with Gasteiger partial charge in [0.2, 0.25) is 6.29 Å². The molecule has 23 N–H and O–H groups in total. The molecule has 0 radical (unpaired) electrons. The van der Waals surface area contributed by atoms with E-state index in [2.05, 4.69) is 53.9 Å². The van der Waals surface area contributed by atoms with E-state index >= 15 is 9.59 Å². The molecule has 0 spiro atoms. The van der Waals surface area contributed by atoms with Gasteiger partial charge in [0.05, 0.1) is 81.2 Å². The van der Waals surface area contributed by atoms with Crippen molar-refractivity contribution in [3.05, 3.63) is 48.6 Å². The molecule has 13 aliphatic rings. The van der Waals surface area contributed by atoms with Crippen LogP contribution in [0, 0.1) is 56.2 Å². The van der Waals surface area contributed by atoms with Crippen molar-refractivity contribution in [1.29, 1.82) is 0 Å². The van der Waals surface area contributed by atoms with Crippen molar-refractivity contribution in [1.82, 2.24) is 0 Å². The quantitative estimate of drug-likeness (QED) is 0.00971. The Morgan fingerprint density at radius 2 is 1.01 bits per heavy atom. The number of hydrogen-bond donors (Lipinski definition) is 23. The molecule has 5 aliphatic carbocycles. The zero-order valence-electron chi connectivity index (χ0n) is 80.9. The Balaban J connectivity index is 0.763. The van der Waals surface area contributed by atoms with Gasteiger partial charge >= 0.3 is 17.9 Å². The van der Waals surface area contributed by atoms with Crippen LogP contribution in [-0.4, -0.2) is 432 Å². The Morgan fingerprint density at radius 3 is 1.63 bits per heavy atom. The molecular weight excluding hydrogens is 1850 g/mol. The van der Waals surface area contributed by atoms with Crippen LogP contribution in [0.2, 0.25) is 0 Å². The molecule has 44 nitrogen and oxygen atoms in total. The number of rotatable bonds is 33. The second kappa shape index (κ2) is 43.9. The van der Waals surface area contributed by atoms with E-state index in [1.807, 2.05) is 13.8 Å². The van der Waals surface area contributed by atoms with E-state index in [0.717, 1.165) is 5.57 Å². The predicted molar refractivity (Wildman–Crippen MR) is 471 cm³/mol. The maximum Gasteiger partial charge on any atom is 0.333 e. The van der Waals surface area contributed by atoms with Crippen LogP contribution in [0.4, 0.5) is 0 Å². The van der Waals surface area contributed by atoms with E-state index in [-0.39, 0.29) is 55.9 Å². The second-order valence-electron chi connectivity index (χ2n) is 43.4. The second-order valence-corrected chi connectivity index (χ2v) is 43.4. The van der Waals surface area contributed by atoms with Gasteiger partial charge in [-0.25, -0.2) is 4.79 Å². The molecule has 4 saturated carbocycles. The fourth-order valence-electron chi connectivity index (χ4n) is 24.2. The van der Waals surface area contributed by atoms with Gasteiger partial charge in [-0.1, -0.05) is 85.3 Å². The summed E-state index contributed by atoms with van der Waals surface area (Å²) in [5.41, 5.74) is -7.69. The highest BCUT2D eigenvalue weighted by molar-refractivity contribution is 5.88. The van der Waals surface area contributed by atoms with E-state index in [9.17, 15) is 122 Å². The minimum atomic E-state index is -2.26. The number of carbonyl (C=O) groups is 3. The zero-order chi connectivity index (χ0) is 102. The van der Waals surface area contributed by atoms with Gasteiger partial charge in [-0.15, -0.1) is 13.2 Å². The number of fused-ring (bicyclic) bond motifs is 7. The molecule has 8 saturated heterocycles. The van der Waals surface area contributed by atoms with E-state index in [0.29, 0.717) is 38.5 Å². The van der Waals surface area contributed by atoms with Crippen LogP contribution >= 0.6 is 0 Å². The smallest absolute Gasteiger partial charge is 0.333 e. The van der Waals surface area contributed by atoms with E-state index in [4.69, 9.17) is 85.3 Å². The standard InChI is InChI=1S/C95H152O44/c1-16-90(11,121)26-18-20-40(4)78(119)133-72-41(5)126-84(70(116)65(72)111)139-91(12,17-2)27-19-21-39(3)77(118)131-55-32-95(87(120)138-86-76(64(110)59(105)48(34-97)129-86)137-83-71(117)74(135-82-69(115)62(108)58(104)47(33-96)127-82)73(42(6)125-83)134-81-67(113)60(106)49(35-98)128-81)44(30-88(55,7)8)43-22-23-52-92(13)28-25-54(89(9,10)51(92)24-29-93(52,14)94(43,15)31-53(95)101)132-80-68(114)63(109)61(107)50(130-80)38-124-85-75(57(103)46(100)37-123-85)136-79-66(112)56(102)45(99)36-122-79/h16-17,20,22,39,41-42,44-76,79-86,96-117,121H,1-2,18-19,21,23-38H2,3-15H3/b40-20+/t39?,41-,42+,44-,45-,46+,47-,48-,49+,50-,51?,52-,53-,54+,55+,56+,57+,58-,59-,60+,61-,62+,63+,64+,65-,66-,67-,68-,69-,70-,71-,72-,73+,74+,75-,76-,79+,80+,81+,82+,83+,84+,85+,86+,90+,91+,92+,93-,94-,95-/m1/s1. The average Bonchev–Trinajstić information content (AvgIpc) is 0.921. The Morgan fingerprint density at radius 1 is 0.504 bits per heavy atom. The van der Waals surface area contributed by atoms with Crippen LogP contribution in [0.25, 0.3) is 0 Å². The van der Waals surface area contributed by atoms with Crippen LogP contribution in [0.5, 0.6) is 0 Å². The Hall–Kier alpha value is -4.15. The molecule has 0 aromatic heterocycles. The molecule has 12 fully saturated rings. The summed E-state index contributed by atoms with van der Waals surface area (Å²) in [6.45, 7) is 26.9. The molecule has 8 aliphatic heterocycles. The number of esters is 3. The molecule has 8 heterocycles. The average molecular weight is 2000 g/mol. The maximum atomic E-state index is 16.8. The summed E-state index contributed by atoms with van der Waals surface area (Å²) in [6, 6.07) is 0. The van der Waals surface area contributed by atoms with Crippen molar-refractivity contribution in [3.8, 4) is 0 Å². The fourth-order valence-corrected chi connectivity index (χ4v) is 24.2. The van der Waals surface area contributed by atoms with Gasteiger partial charge in [0.25, 0.3) is 0 Å². The number of carbonyl (C=O) groups excluding carboxylic acids is 3.